The van der Waals surface area contributed by atoms with Gasteiger partial charge in [0, 0.05) is 0 Å². The summed E-state index contributed by atoms with van der Waals surface area (Å²) in [6.07, 6.45) is 18.8. The van der Waals surface area contributed by atoms with Crippen LogP contribution in [0.3, 0.4) is 0 Å². The van der Waals surface area contributed by atoms with Gasteiger partial charge in [-0.05, 0) is 37.5 Å². The van der Waals surface area contributed by atoms with E-state index in [2.05, 4.69) is 137 Å². The fourth-order valence-electron chi connectivity index (χ4n) is 6.29. The van der Waals surface area contributed by atoms with Crippen molar-refractivity contribution in [1.82, 2.24) is 0 Å². The molecule has 3 aliphatic carbocycles. The van der Waals surface area contributed by atoms with Gasteiger partial charge in [-0.3, -0.25) is 0 Å². The maximum absolute atomic E-state index is 3.86. The van der Waals surface area contributed by atoms with Gasteiger partial charge in [0.25, 0.3) is 0 Å². The molecule has 0 bridgehead atoms. The van der Waals surface area contributed by atoms with E-state index in [4.69, 9.17) is 0 Å². The Bertz CT molecular complexity index is 1600. The molecule has 1 heteroatoms. The minimum atomic E-state index is 0.144. The fraction of sp³-hybridized carbons (Fsp3) is 0.256. The molecule has 0 unspecified atom stereocenters. The Morgan fingerprint density at radius 3 is 2.00 bits per heavy atom. The molecule has 0 aromatic heterocycles. The van der Waals surface area contributed by atoms with Crippen LogP contribution < -0.4 is 10.4 Å². The molecule has 0 radical (unpaired) electrons. The molecule has 0 amide bonds. The summed E-state index contributed by atoms with van der Waals surface area (Å²) in [4.78, 5) is 0. The van der Waals surface area contributed by atoms with Gasteiger partial charge in [0.15, 0.2) is 0 Å². The molecule has 0 fully saturated rings. The van der Waals surface area contributed by atoms with Gasteiger partial charge in [-0.2, -0.15) is 0 Å². The Morgan fingerprint density at radius 2 is 1.48 bits per heavy atom. The molecular weight excluding hydrogens is 560 g/mol. The summed E-state index contributed by atoms with van der Waals surface area (Å²) in [6.45, 7) is 9.22. The van der Waals surface area contributed by atoms with Gasteiger partial charge in [0.05, 0.1) is 0 Å². The summed E-state index contributed by atoms with van der Waals surface area (Å²) in [5.74, 6) is 0. The molecule has 0 heterocycles. The van der Waals surface area contributed by atoms with Crippen LogP contribution in [0.1, 0.15) is 70.1 Å². The number of fused-ring (bicyclic) bond motifs is 2. The van der Waals surface area contributed by atoms with Gasteiger partial charge in [0.1, 0.15) is 0 Å². The monoisotopic (exact) mass is 597 g/mol. The van der Waals surface area contributed by atoms with E-state index in [0.29, 0.717) is 0 Å². The van der Waals surface area contributed by atoms with Crippen molar-refractivity contribution in [3.05, 3.63) is 153 Å². The van der Waals surface area contributed by atoms with Crippen molar-refractivity contribution in [2.75, 3.05) is 0 Å². The summed E-state index contributed by atoms with van der Waals surface area (Å²) in [7, 11) is 0. The first-order chi connectivity index (χ1) is 19.5. The van der Waals surface area contributed by atoms with Gasteiger partial charge in [0.2, 0.25) is 0 Å². The van der Waals surface area contributed by atoms with E-state index >= 15 is 0 Å². The van der Waals surface area contributed by atoms with Crippen molar-refractivity contribution in [2.45, 2.75) is 59.8 Å². The van der Waals surface area contributed by atoms with E-state index in [1.807, 2.05) is 0 Å². The first-order valence-electron chi connectivity index (χ1n) is 14.8. The second-order valence-corrected chi connectivity index (χ2v) is 12.0. The molecule has 3 aromatic rings. The number of hydrogen-bond donors (Lipinski definition) is 0. The third-order valence-corrected chi connectivity index (χ3v) is 10.1. The maximum atomic E-state index is 3.86. The van der Waals surface area contributed by atoms with Crippen LogP contribution in [-0.4, -0.2) is 3.21 Å². The van der Waals surface area contributed by atoms with Crippen molar-refractivity contribution in [3.8, 4) is 0 Å². The van der Waals surface area contributed by atoms with Gasteiger partial charge in [-0.1, -0.05) is 86.4 Å². The molecule has 0 N–H and O–H groups in total. The zero-order chi connectivity index (χ0) is 28.1. The number of allylic oxidation sites excluding steroid dienone is 8. The molecule has 0 nitrogen and oxygen atoms in total. The molecule has 0 saturated heterocycles. The van der Waals surface area contributed by atoms with Crippen LogP contribution in [0.25, 0.3) is 11.6 Å². The van der Waals surface area contributed by atoms with E-state index in [0.717, 1.165) is 32.1 Å². The molecule has 6 rings (SSSR count). The summed E-state index contributed by atoms with van der Waals surface area (Å²) < 4.78 is 1.42. The number of aryl methyl sites for hydroxylation is 1. The van der Waals surface area contributed by atoms with E-state index in [9.17, 15) is 0 Å². The summed E-state index contributed by atoms with van der Waals surface area (Å²) in [5.41, 5.74) is 11.6. The van der Waals surface area contributed by atoms with Crippen LogP contribution in [0.5, 0.6) is 0 Å². The van der Waals surface area contributed by atoms with Crippen LogP contribution in [0.15, 0.2) is 125 Å². The average molecular weight is 599 g/mol. The normalized spacial score (nSPS) is 16.3. The molecule has 0 aliphatic heterocycles. The Kier molecular flexibility index (Phi) is 9.12. The van der Waals surface area contributed by atoms with Crippen LogP contribution in [0.4, 0.5) is 0 Å². The Morgan fingerprint density at radius 1 is 0.825 bits per heavy atom. The second kappa shape index (κ2) is 12.7. The van der Waals surface area contributed by atoms with E-state index < -0.39 is 0 Å². The van der Waals surface area contributed by atoms with Crippen LogP contribution in [-0.2, 0) is 30.7 Å². The molecule has 40 heavy (non-hydrogen) atoms. The molecule has 0 saturated carbocycles. The number of benzene rings is 3. The van der Waals surface area contributed by atoms with E-state index in [-0.39, 0.29) is 5.41 Å². The standard InChI is InChI=1S/C26H29.C13H10.Zr/c1-5-18-13-14-22-21(15-18)16-23-24(22)19(6-2)17-26(7-3,8-4)25(23)20-11-9-10-12-20;1-3-7-12(8-4-1)11-13-9-5-2-6-10-13;/h9-11,13-15,17H,5-8,12H2,1-4H3;1-10H;/q-1;;. The number of rotatable bonds is 7. The zero-order valence-corrected chi connectivity index (χ0v) is 26.8. The van der Waals surface area contributed by atoms with Gasteiger partial charge >= 0.3 is 99.2 Å². The minimum absolute atomic E-state index is 0.144. The second-order valence-electron chi connectivity index (χ2n) is 10.8. The van der Waals surface area contributed by atoms with Crippen molar-refractivity contribution in [1.29, 1.82) is 0 Å². The third kappa shape index (κ3) is 5.51. The summed E-state index contributed by atoms with van der Waals surface area (Å²) in [5, 5.41) is 2.68. The summed E-state index contributed by atoms with van der Waals surface area (Å²) >= 11 is 1.46. The average Bonchev–Trinajstić information content (AvgIpc) is 3.69. The fourth-order valence-corrected chi connectivity index (χ4v) is 7.11. The topological polar surface area (TPSA) is 0 Å². The Balaban J connectivity index is 0.000000194. The van der Waals surface area contributed by atoms with Crippen LogP contribution >= 0.6 is 0 Å². The predicted octanol–water partition coefficient (Wildman–Crippen LogP) is 8.21. The molecular formula is C39H39Zr-. The van der Waals surface area contributed by atoms with Crippen molar-refractivity contribution in [2.24, 2.45) is 5.41 Å². The van der Waals surface area contributed by atoms with Crippen molar-refractivity contribution in [3.63, 3.8) is 0 Å². The van der Waals surface area contributed by atoms with Gasteiger partial charge in [-0.25, -0.2) is 0 Å². The van der Waals surface area contributed by atoms with E-state index in [1.54, 1.807) is 0 Å². The Labute approximate surface area is 255 Å². The molecule has 200 valence electrons. The predicted molar refractivity (Wildman–Crippen MR) is 168 cm³/mol. The van der Waals surface area contributed by atoms with E-state index in [1.165, 1.54) is 82.4 Å². The van der Waals surface area contributed by atoms with Crippen molar-refractivity contribution < 1.29 is 24.2 Å². The first-order valence-corrected chi connectivity index (χ1v) is 16.1. The van der Waals surface area contributed by atoms with Gasteiger partial charge < -0.3 is 0 Å². The van der Waals surface area contributed by atoms with Crippen LogP contribution in [0.2, 0.25) is 0 Å². The van der Waals surface area contributed by atoms with Crippen molar-refractivity contribution >= 4 is 14.9 Å². The molecule has 3 aliphatic rings. The quantitative estimate of drug-likeness (QED) is 0.241. The third-order valence-electron chi connectivity index (χ3n) is 8.65. The van der Waals surface area contributed by atoms with Gasteiger partial charge in [-0.15, -0.1) is 33.7 Å². The first kappa shape index (κ1) is 28.6. The molecule has 3 aromatic carbocycles. The van der Waals surface area contributed by atoms with Crippen LogP contribution in [0, 0.1) is 5.41 Å². The molecule has 0 atom stereocenters. The number of hydrogen-bond acceptors (Lipinski definition) is 0. The summed E-state index contributed by atoms with van der Waals surface area (Å²) in [6, 6.07) is 28.1. The zero-order valence-electron chi connectivity index (χ0n) is 24.4. The SMILES string of the molecule is CCC1=CC(CC)(CC)C(C2=CC=CC2)=C2[C-]=c3cc(CC)ccc3=C12.[Zr]=[C](c1ccccc1)c1ccccc1. The Hall–Kier alpha value is -2.89. The molecule has 0 spiro atoms.